The van der Waals surface area contributed by atoms with Crippen molar-refractivity contribution in [3.8, 4) is 0 Å². The van der Waals surface area contributed by atoms with Crippen molar-refractivity contribution in [2.75, 3.05) is 168 Å². The number of methoxy groups -OCH3 is 1. The van der Waals surface area contributed by atoms with E-state index in [1.165, 1.54) is 115 Å². The van der Waals surface area contributed by atoms with E-state index in [9.17, 15) is 38.4 Å². The fourth-order valence-electron chi connectivity index (χ4n) is 17.0. The number of allylic oxidation sites excluding steroid dienone is 1. The third-order valence-electron chi connectivity index (χ3n) is 26.8. The van der Waals surface area contributed by atoms with Gasteiger partial charge in [-0.25, -0.2) is 15.9 Å². The molecule has 0 amide bonds. The Hall–Kier alpha value is -3.11. The maximum atomic E-state index is 12.1. The summed E-state index contributed by atoms with van der Waals surface area (Å²) in [5.41, 5.74) is 1.05. The summed E-state index contributed by atoms with van der Waals surface area (Å²) >= 11 is 1.87. The van der Waals surface area contributed by atoms with Crippen molar-refractivity contribution in [2.24, 2.45) is 82.8 Å². The third kappa shape index (κ3) is 72.2. The number of Topliss-reactive ketones (excluding diaryl/α,β-unsaturated/α-hetero) is 8. The second-order valence-corrected chi connectivity index (χ2v) is 42.6. The Morgan fingerprint density at radius 1 is 0.413 bits per heavy atom. The van der Waals surface area contributed by atoms with Crippen molar-refractivity contribution in [1.82, 2.24) is 49.2 Å². The van der Waals surface area contributed by atoms with Crippen LogP contribution in [-0.2, 0) is 52.7 Å². The number of hydrogen-bond donors (Lipinski definition) is 1. The summed E-state index contributed by atoms with van der Waals surface area (Å²) in [7, 11) is 18.2. The summed E-state index contributed by atoms with van der Waals surface area (Å²) in [5.74, 6) is 13.4. The highest BCUT2D eigenvalue weighted by Crippen LogP contribution is 2.50. The number of nitrogens with zero attached hydrogens (tertiary/aromatic N) is 10. The summed E-state index contributed by atoms with van der Waals surface area (Å²) in [6.45, 7) is 89.0. The van der Waals surface area contributed by atoms with Gasteiger partial charge in [-0.2, -0.15) is 0 Å². The van der Waals surface area contributed by atoms with Crippen molar-refractivity contribution in [3.63, 3.8) is 0 Å². The summed E-state index contributed by atoms with van der Waals surface area (Å²) in [4.78, 5) is 115. The molecule has 22 nitrogen and oxygen atoms in total. The first-order valence-corrected chi connectivity index (χ1v) is 55.1. The zero-order valence-electron chi connectivity index (χ0n) is 96.6. The van der Waals surface area contributed by atoms with Gasteiger partial charge in [-0.3, -0.25) is 67.8 Å². The molecule has 2 saturated carbocycles. The monoisotopic (exact) mass is 2070 g/mol. The van der Waals surface area contributed by atoms with Crippen molar-refractivity contribution in [3.05, 3.63) is 12.2 Å². The van der Waals surface area contributed by atoms with Crippen LogP contribution in [0.15, 0.2) is 12.2 Å². The Labute approximate surface area is 901 Å². The minimum Gasteiger partial charge on any atom is -0.385 e. The van der Waals surface area contributed by atoms with E-state index in [4.69, 9.17) is 9.47 Å². The summed E-state index contributed by atoms with van der Waals surface area (Å²) in [6.07, 6.45) is 25.5. The maximum absolute atomic E-state index is 12.1. The summed E-state index contributed by atoms with van der Waals surface area (Å²) < 4.78 is 10.2. The standard InChI is InChI=1S/C13H23NO.C11H21NO.C10H19NO2.C10H19NOS.C10H17NO.C10H19NO.C9H18N2O.C9H17NO.C7H14.C6H13N.C4H10O.C2H7NO.5C2H6.9CH4/c1-9(2)13(15)12-8-10-6-4-5-7-11(10)14(12)3;1-10(2)11(13)9-12-7-5-3-4-6-8-12;2*1-7(2)9(12)8-6-13-10(3,4)11(8)5;1-6(2)10(12)9-8-4-7(8)5-11(9)3;1-9(2)10(12)8-11-6-4-3-5-7-11;1-7(2)9(12)8-5-6-10(3)11(8)4;1-7(2)9(11)8-4-5-10(3)6-8;1-5-7(4)6(2)3;1-7-5-3-2-4-6-7;1-3-4-5-2;1-2-4-3;5*1-2;;;;;;;;;/h9-12H,4-8H2,1-3H3;10H,3-9H2,1-2H3;2*7-8H,6H2,1-5H3;6-9H,4-5H2,1-3H3;9H,3-8H2,1-2H3;7-8H,5-6H2,1-4H3;7-8H,4-6H2,1-3H3;6H,4-5H2,1-3H3;2-6H2,1H3;3-4H2,1-2H3;2-3H2,1H3;5*1-2H3;9*1H4. The molecule has 0 aromatic carbocycles. The van der Waals surface area contributed by atoms with Gasteiger partial charge in [0.15, 0.2) is 28.9 Å². The van der Waals surface area contributed by atoms with Gasteiger partial charge in [-0.05, 0) is 236 Å². The van der Waals surface area contributed by atoms with E-state index in [-0.39, 0.29) is 161 Å². The molecule has 0 aromatic heterocycles. The van der Waals surface area contributed by atoms with Gasteiger partial charge in [0.25, 0.3) is 0 Å². The highest BCUT2D eigenvalue weighted by Gasteiger charge is 2.54. The number of carbonyl (C=O) groups excluding carboxylic acids is 8. The lowest BCUT2D eigenvalue weighted by Crippen LogP contribution is -2.45. The molecule has 143 heavy (non-hydrogen) atoms. The zero-order chi connectivity index (χ0) is 105. The van der Waals surface area contributed by atoms with Crippen LogP contribution in [-0.4, -0.2) is 310 Å². The number of ketones is 8. The minimum atomic E-state index is -0.296. The van der Waals surface area contributed by atoms with Crippen LogP contribution < -0.4 is 5.90 Å². The molecule has 2 N–H and O–H groups in total. The number of ether oxygens (including phenoxy) is 2. The van der Waals surface area contributed by atoms with Gasteiger partial charge in [0.2, 0.25) is 0 Å². The molecule has 11 rings (SSSR count). The van der Waals surface area contributed by atoms with E-state index in [1.54, 1.807) is 7.11 Å². The van der Waals surface area contributed by atoms with Crippen molar-refractivity contribution in [2.45, 2.75) is 484 Å². The highest BCUT2D eigenvalue weighted by atomic mass is 32.2. The van der Waals surface area contributed by atoms with Crippen molar-refractivity contribution < 1.29 is 52.7 Å². The minimum absolute atomic E-state index is 0. The first-order chi connectivity index (χ1) is 62.9. The van der Waals surface area contributed by atoms with Gasteiger partial charge >= 0.3 is 0 Å². The number of carbonyl (C=O) groups is 8. The Balaban J connectivity index is -0.0000000957. The molecule has 11 fully saturated rings. The molecular formula is C120H263N11O11S. The second-order valence-electron chi connectivity index (χ2n) is 40.9. The van der Waals surface area contributed by atoms with E-state index in [0.29, 0.717) is 90.6 Å². The lowest BCUT2D eigenvalue weighted by molar-refractivity contribution is -0.129. The second kappa shape index (κ2) is 99.5. The molecule has 23 heteroatoms. The molecule has 10 unspecified atom stereocenters. The molecule has 0 aromatic rings. The van der Waals surface area contributed by atoms with Crippen LogP contribution in [0.3, 0.4) is 0 Å². The number of hydrogen-bond acceptors (Lipinski definition) is 23. The first kappa shape index (κ1) is 173. The molecule has 2 aliphatic carbocycles. The molecular weight excluding hydrogens is 1800 g/mol. The molecule has 0 bridgehead atoms. The van der Waals surface area contributed by atoms with Crippen molar-refractivity contribution in [1.29, 1.82) is 0 Å². The van der Waals surface area contributed by atoms with Crippen LogP contribution in [0.2, 0.25) is 0 Å². The van der Waals surface area contributed by atoms with E-state index >= 15 is 0 Å². The molecule has 0 radical (unpaired) electrons. The number of fused-ring (bicyclic) bond motifs is 2. The number of thioether (sulfide) groups is 1. The fraction of sp³-hybridized carbons (Fsp3) is 0.917. The SMILES string of the molecule is C.C.C.C.C.C.C.C.C.C=C(CC)C(C)C.CC.CC.CC.CC.CC.CC(C)C(=O)C1C2CC2CN1C.CC(C)C(=O)C1CC2CCCCC2N1C.CC(C)C(=O)C1CCN(C)C1.CC(C)C(=O)C1CCN(C)N1C.CC(C)C(=O)C1COC(C)(C)N1C.CC(C)C(=O)C1CSC(C)(C)N1C.CC(C)C(=O)CN1CCCCC1.CC(C)C(=O)CN1CCCCCC1.CCCOC.CCON.CN1CCCCC1. The molecule has 10 atom stereocenters. The molecule has 9 saturated heterocycles. The average molecular weight is 2070 g/mol. The molecule has 9 aliphatic heterocycles. The van der Waals surface area contributed by atoms with Crippen LogP contribution in [0, 0.1) is 76.9 Å². The Bertz CT molecular complexity index is 2920. The smallest absolute Gasteiger partial charge is 0.154 e. The number of hydrazine groups is 1. The molecule has 870 valence electrons. The van der Waals surface area contributed by atoms with E-state index in [0.717, 1.165) is 109 Å². The van der Waals surface area contributed by atoms with Crippen LogP contribution in [0.25, 0.3) is 0 Å². The van der Waals surface area contributed by atoms with E-state index in [1.807, 2.05) is 251 Å². The molecule has 11 aliphatic rings. The Morgan fingerprint density at radius 3 is 1.06 bits per heavy atom. The largest absolute Gasteiger partial charge is 0.385 e. The van der Waals surface area contributed by atoms with Gasteiger partial charge in [0.1, 0.15) is 23.1 Å². The third-order valence-corrected chi connectivity index (χ3v) is 28.2. The number of rotatable bonds is 23. The lowest BCUT2D eigenvalue weighted by atomic mass is 9.84. The van der Waals surface area contributed by atoms with E-state index < -0.39 is 0 Å². The van der Waals surface area contributed by atoms with Crippen LogP contribution in [0.5, 0.6) is 0 Å². The van der Waals surface area contributed by atoms with E-state index in [2.05, 4.69) is 126 Å². The van der Waals surface area contributed by atoms with Crippen LogP contribution in [0.1, 0.15) is 438 Å². The topological polar surface area (TPSA) is 223 Å². The normalized spacial score (nSPS) is 22.6. The lowest BCUT2D eigenvalue weighted by Gasteiger charge is -2.30. The summed E-state index contributed by atoms with van der Waals surface area (Å²) in [6, 6.07) is 1.37. The fourth-order valence-corrected chi connectivity index (χ4v) is 18.3. The van der Waals surface area contributed by atoms with Crippen LogP contribution in [0.4, 0.5) is 0 Å². The van der Waals surface area contributed by atoms with Gasteiger partial charge in [0.05, 0.1) is 61.4 Å². The number of likely N-dealkylation sites (tertiary alicyclic amines) is 6. The zero-order valence-corrected chi connectivity index (χ0v) is 97.4. The quantitative estimate of drug-likeness (QED) is 0.0742. The van der Waals surface area contributed by atoms with Crippen LogP contribution >= 0.6 is 11.8 Å². The molecule has 9 heterocycles. The van der Waals surface area contributed by atoms with Gasteiger partial charge in [0, 0.05) is 113 Å². The Kier molecular flexibility index (Phi) is 120. The van der Waals surface area contributed by atoms with Crippen molar-refractivity contribution >= 4 is 58.0 Å². The Morgan fingerprint density at radius 2 is 0.790 bits per heavy atom. The maximum Gasteiger partial charge on any atom is 0.154 e. The predicted molar refractivity (Wildman–Crippen MR) is 639 cm³/mol. The van der Waals surface area contributed by atoms with Gasteiger partial charge < -0.3 is 24.1 Å². The first-order valence-electron chi connectivity index (χ1n) is 54.1. The molecule has 0 spiro atoms. The number of nitrogens with two attached hydrogens (primary N) is 1. The number of likely N-dealkylation sites (N-methyl/N-ethyl adjacent to an activating group) is 5. The summed E-state index contributed by atoms with van der Waals surface area (Å²) in [5, 5.41) is 4.15. The highest BCUT2D eigenvalue weighted by molar-refractivity contribution is 8.00. The number of piperidine rings is 3. The predicted octanol–water partition coefficient (Wildman–Crippen LogP) is 28.1. The van der Waals surface area contributed by atoms with Gasteiger partial charge in [-0.1, -0.05) is 325 Å². The van der Waals surface area contributed by atoms with Gasteiger partial charge in [-0.15, -0.1) is 11.8 Å². The average Bonchev–Trinajstić information content (AvgIpc) is 1.59.